The van der Waals surface area contributed by atoms with Gasteiger partial charge in [-0.2, -0.15) is 5.01 Å². The number of rotatable bonds is 1. The summed E-state index contributed by atoms with van der Waals surface area (Å²) in [5.74, 6) is 0.227. The molecular formula is C17H16ClN3O2. The van der Waals surface area contributed by atoms with Gasteiger partial charge in [-0.25, -0.2) is 0 Å². The zero-order valence-corrected chi connectivity index (χ0v) is 13.2. The third-order valence-electron chi connectivity index (χ3n) is 3.96. The van der Waals surface area contributed by atoms with Crippen molar-refractivity contribution in [2.75, 3.05) is 10.0 Å². The standard InChI is InChI=1S/C17H14ClN3O.H2O/c1-11-10-12-4-2-3-5-15(12)21-16(11)17(22)20(19-21)14-8-6-13(18)7-9-14;/h2-10,19,22H,1H3;1H2. The van der Waals surface area contributed by atoms with Crippen molar-refractivity contribution in [3.05, 3.63) is 76.3 Å². The lowest BCUT2D eigenvalue weighted by Crippen LogP contribution is -2.99. The highest BCUT2D eigenvalue weighted by molar-refractivity contribution is 6.30. The molecule has 0 aliphatic carbocycles. The topological polar surface area (TPSA) is 73.3 Å². The van der Waals surface area contributed by atoms with Gasteiger partial charge in [0, 0.05) is 10.6 Å². The smallest absolute Gasteiger partial charge is 0.271 e. The predicted molar refractivity (Wildman–Crippen MR) is 90.0 cm³/mol. The molecule has 4 rings (SSSR count). The maximum Gasteiger partial charge on any atom is 0.271 e. The summed E-state index contributed by atoms with van der Waals surface area (Å²) in [6.07, 6.45) is 2.09. The Labute approximate surface area is 139 Å². The van der Waals surface area contributed by atoms with Gasteiger partial charge in [0.05, 0.1) is 0 Å². The van der Waals surface area contributed by atoms with Gasteiger partial charge < -0.3 is 10.6 Å². The molecule has 4 N–H and O–H groups in total. The van der Waals surface area contributed by atoms with E-state index in [0.717, 1.165) is 28.2 Å². The SMILES string of the molecule is CC1=Cc2ccccc2N2[NH2+]N(c3ccc(Cl)cc3)C(O)=C12.[OH-]. The van der Waals surface area contributed by atoms with E-state index in [9.17, 15) is 5.11 Å². The van der Waals surface area contributed by atoms with E-state index in [0.29, 0.717) is 5.02 Å². The van der Waals surface area contributed by atoms with E-state index >= 15 is 0 Å². The Balaban J connectivity index is 0.00000156. The first-order valence-electron chi connectivity index (χ1n) is 7.05. The Hall–Kier alpha value is -2.47. The number of fused-ring (bicyclic) bond motifs is 3. The first kappa shape index (κ1) is 15.4. The number of aliphatic hydroxyl groups is 1. The second-order valence-corrected chi connectivity index (χ2v) is 5.83. The number of para-hydroxylation sites is 1. The van der Waals surface area contributed by atoms with E-state index in [1.165, 1.54) is 0 Å². The highest BCUT2D eigenvalue weighted by Crippen LogP contribution is 2.36. The molecule has 0 amide bonds. The molecule has 118 valence electrons. The molecule has 0 saturated heterocycles. The van der Waals surface area contributed by atoms with Crippen molar-refractivity contribution in [3.63, 3.8) is 0 Å². The van der Waals surface area contributed by atoms with Crippen molar-refractivity contribution in [1.29, 1.82) is 0 Å². The molecule has 0 aromatic heterocycles. The second kappa shape index (κ2) is 5.62. The van der Waals surface area contributed by atoms with E-state index in [-0.39, 0.29) is 11.4 Å². The fourth-order valence-corrected chi connectivity index (χ4v) is 3.05. The van der Waals surface area contributed by atoms with Gasteiger partial charge in [0.1, 0.15) is 11.4 Å². The minimum absolute atomic E-state index is 0. The quantitative estimate of drug-likeness (QED) is 0.789. The van der Waals surface area contributed by atoms with Crippen LogP contribution in [0.1, 0.15) is 12.5 Å². The average molecular weight is 330 g/mol. The molecule has 0 spiro atoms. The summed E-state index contributed by atoms with van der Waals surface area (Å²) >= 11 is 5.94. The highest BCUT2D eigenvalue weighted by Gasteiger charge is 2.39. The fraction of sp³-hybridized carbons (Fsp3) is 0.0588. The van der Waals surface area contributed by atoms with Crippen LogP contribution >= 0.6 is 11.6 Å². The molecule has 0 bridgehead atoms. The summed E-state index contributed by atoms with van der Waals surface area (Å²) in [6.45, 7) is 2.01. The second-order valence-electron chi connectivity index (χ2n) is 5.39. The lowest BCUT2D eigenvalue weighted by atomic mass is 10.0. The van der Waals surface area contributed by atoms with Crippen molar-refractivity contribution in [2.45, 2.75) is 6.92 Å². The minimum atomic E-state index is 0. The van der Waals surface area contributed by atoms with Gasteiger partial charge in [0.15, 0.2) is 5.70 Å². The van der Waals surface area contributed by atoms with Crippen molar-refractivity contribution in [1.82, 2.24) is 0 Å². The fourth-order valence-electron chi connectivity index (χ4n) is 2.92. The van der Waals surface area contributed by atoms with Gasteiger partial charge in [-0.05, 0) is 48.9 Å². The number of nitrogens with zero attached hydrogens (tertiary/aromatic N) is 2. The maximum atomic E-state index is 10.7. The Bertz CT molecular complexity index is 815. The van der Waals surface area contributed by atoms with Gasteiger partial charge in [-0.3, -0.25) is 0 Å². The van der Waals surface area contributed by atoms with Gasteiger partial charge in [0.2, 0.25) is 0 Å². The Kier molecular flexibility index (Phi) is 3.77. The number of hydrogen-bond donors (Lipinski definition) is 2. The minimum Gasteiger partial charge on any atom is -0.870 e. The van der Waals surface area contributed by atoms with E-state index in [1.54, 1.807) is 5.01 Å². The summed E-state index contributed by atoms with van der Waals surface area (Å²) in [6, 6.07) is 15.6. The van der Waals surface area contributed by atoms with Crippen LogP contribution in [0.2, 0.25) is 5.02 Å². The van der Waals surface area contributed by atoms with Crippen LogP contribution in [0.5, 0.6) is 0 Å². The molecule has 2 aliphatic heterocycles. The van der Waals surface area contributed by atoms with Crippen LogP contribution in [-0.4, -0.2) is 10.6 Å². The van der Waals surface area contributed by atoms with Gasteiger partial charge >= 0.3 is 0 Å². The highest BCUT2D eigenvalue weighted by atomic mass is 35.5. The summed E-state index contributed by atoms with van der Waals surface area (Å²) in [5, 5.41) is 15.1. The Morgan fingerprint density at radius 2 is 1.70 bits per heavy atom. The largest absolute Gasteiger partial charge is 0.870 e. The number of aliphatic hydroxyl groups excluding tert-OH is 1. The number of hydrogen-bond acceptors (Lipinski definition) is 4. The average Bonchev–Trinajstić information content (AvgIpc) is 2.87. The zero-order chi connectivity index (χ0) is 15.3. The van der Waals surface area contributed by atoms with Crippen LogP contribution in [0.25, 0.3) is 6.08 Å². The molecule has 0 atom stereocenters. The first-order chi connectivity index (χ1) is 10.6. The van der Waals surface area contributed by atoms with Gasteiger partial charge in [0.25, 0.3) is 5.88 Å². The monoisotopic (exact) mass is 329 g/mol. The van der Waals surface area contributed by atoms with E-state index < -0.39 is 0 Å². The summed E-state index contributed by atoms with van der Waals surface area (Å²) < 4.78 is 0. The summed E-state index contributed by atoms with van der Waals surface area (Å²) in [5.41, 5.74) is 6.83. The van der Waals surface area contributed by atoms with Crippen molar-refractivity contribution < 1.29 is 16.1 Å². The molecule has 0 saturated carbocycles. The predicted octanol–water partition coefficient (Wildman–Crippen LogP) is 3.03. The van der Waals surface area contributed by atoms with Gasteiger partial charge in [-0.1, -0.05) is 29.8 Å². The molecule has 23 heavy (non-hydrogen) atoms. The third kappa shape index (κ3) is 2.35. The molecule has 2 aromatic carbocycles. The van der Waals surface area contributed by atoms with Crippen LogP contribution < -0.4 is 15.6 Å². The van der Waals surface area contributed by atoms with Crippen LogP contribution in [0.4, 0.5) is 11.4 Å². The number of nitrogens with two attached hydrogens (primary N) is 1. The Morgan fingerprint density at radius 1 is 1.00 bits per heavy atom. The van der Waals surface area contributed by atoms with Gasteiger partial charge in [-0.15, -0.1) is 10.5 Å². The maximum absolute atomic E-state index is 10.7. The molecule has 2 heterocycles. The summed E-state index contributed by atoms with van der Waals surface area (Å²) in [4.78, 5) is 0. The number of anilines is 2. The Morgan fingerprint density at radius 3 is 2.43 bits per heavy atom. The molecule has 0 unspecified atom stereocenters. The lowest BCUT2D eigenvalue weighted by Gasteiger charge is -2.24. The van der Waals surface area contributed by atoms with Crippen LogP contribution in [0.3, 0.4) is 0 Å². The molecule has 0 radical (unpaired) electrons. The van der Waals surface area contributed by atoms with E-state index in [2.05, 4.69) is 12.1 Å². The molecule has 2 aliphatic rings. The van der Waals surface area contributed by atoms with Crippen LogP contribution in [-0.2, 0) is 0 Å². The molecular weight excluding hydrogens is 314 g/mol. The number of halogens is 1. The lowest BCUT2D eigenvalue weighted by molar-refractivity contribution is -0.661. The zero-order valence-electron chi connectivity index (χ0n) is 12.4. The molecule has 0 fully saturated rings. The van der Waals surface area contributed by atoms with Crippen molar-refractivity contribution in [2.24, 2.45) is 0 Å². The third-order valence-corrected chi connectivity index (χ3v) is 4.21. The van der Waals surface area contributed by atoms with E-state index in [1.807, 2.05) is 59.9 Å². The van der Waals surface area contributed by atoms with Crippen molar-refractivity contribution >= 4 is 29.1 Å². The van der Waals surface area contributed by atoms with Crippen LogP contribution in [0, 0.1) is 0 Å². The van der Waals surface area contributed by atoms with Crippen molar-refractivity contribution in [3.8, 4) is 0 Å². The van der Waals surface area contributed by atoms with Crippen LogP contribution in [0.15, 0.2) is 65.7 Å². The number of benzene rings is 2. The molecule has 6 heteroatoms. The molecule has 5 nitrogen and oxygen atoms in total. The summed E-state index contributed by atoms with van der Waals surface area (Å²) in [7, 11) is 0. The number of quaternary nitrogens is 1. The van der Waals surface area contributed by atoms with E-state index in [4.69, 9.17) is 11.6 Å². The normalized spacial score (nSPS) is 15.8. The number of allylic oxidation sites excluding steroid dienone is 1. The first-order valence-corrected chi connectivity index (χ1v) is 7.43. The molecule has 2 aromatic rings.